The van der Waals surface area contributed by atoms with E-state index in [-0.39, 0.29) is 22.8 Å². The molecule has 0 aromatic heterocycles. The summed E-state index contributed by atoms with van der Waals surface area (Å²) in [6, 6.07) is 5.15. The predicted octanol–water partition coefficient (Wildman–Crippen LogP) is 1.84. The van der Waals surface area contributed by atoms with Crippen LogP contribution in [0, 0.1) is 17.0 Å². The second-order valence-corrected chi connectivity index (χ2v) is 4.19. The Morgan fingerprint density at radius 3 is 2.75 bits per heavy atom. The molecule has 2 rings (SSSR count). The molecule has 0 bridgehead atoms. The minimum atomic E-state index is -0.384. The molecule has 0 atom stereocenters. The lowest BCUT2D eigenvalue weighted by Gasteiger charge is -2.33. The number of aliphatic hydroxyl groups is 1. The van der Waals surface area contributed by atoms with E-state index < -0.39 is 0 Å². The molecule has 86 valence electrons. The SMILES string of the molecule is Cc1cccc([N+](=O)[O-])c1NC1CC(O)C1. The Hall–Kier alpha value is -1.62. The molecule has 1 aromatic rings. The first-order valence-electron chi connectivity index (χ1n) is 5.26. The summed E-state index contributed by atoms with van der Waals surface area (Å²) in [4.78, 5) is 10.5. The Morgan fingerprint density at radius 2 is 2.19 bits per heavy atom. The summed E-state index contributed by atoms with van der Waals surface area (Å²) >= 11 is 0. The van der Waals surface area contributed by atoms with E-state index in [4.69, 9.17) is 0 Å². The van der Waals surface area contributed by atoms with Gasteiger partial charge in [-0.25, -0.2) is 0 Å². The molecule has 0 radical (unpaired) electrons. The van der Waals surface area contributed by atoms with Crippen molar-refractivity contribution < 1.29 is 10.0 Å². The lowest BCUT2D eigenvalue weighted by molar-refractivity contribution is -0.384. The van der Waals surface area contributed by atoms with Gasteiger partial charge < -0.3 is 10.4 Å². The third-order valence-corrected chi connectivity index (χ3v) is 2.91. The Balaban J connectivity index is 2.21. The van der Waals surface area contributed by atoms with E-state index in [9.17, 15) is 15.2 Å². The van der Waals surface area contributed by atoms with Gasteiger partial charge in [-0.1, -0.05) is 12.1 Å². The average molecular weight is 222 g/mol. The molecule has 0 unspecified atom stereocenters. The molecule has 0 saturated heterocycles. The maximum atomic E-state index is 10.8. The van der Waals surface area contributed by atoms with E-state index in [2.05, 4.69) is 5.32 Å². The number of hydrogen-bond donors (Lipinski definition) is 2. The van der Waals surface area contributed by atoms with Crippen molar-refractivity contribution in [3.63, 3.8) is 0 Å². The molecule has 16 heavy (non-hydrogen) atoms. The zero-order valence-corrected chi connectivity index (χ0v) is 9.01. The van der Waals surface area contributed by atoms with Gasteiger partial charge in [-0.3, -0.25) is 10.1 Å². The molecule has 5 heteroatoms. The molecule has 0 spiro atoms. The first kappa shape index (κ1) is 10.9. The topological polar surface area (TPSA) is 75.4 Å². The summed E-state index contributed by atoms with van der Waals surface area (Å²) in [5.74, 6) is 0. The molecule has 1 saturated carbocycles. The maximum absolute atomic E-state index is 10.8. The minimum Gasteiger partial charge on any atom is -0.393 e. The molecular formula is C11H14N2O3. The maximum Gasteiger partial charge on any atom is 0.292 e. The summed E-state index contributed by atoms with van der Waals surface area (Å²) in [7, 11) is 0. The third kappa shape index (κ3) is 1.99. The number of rotatable bonds is 3. The molecule has 0 amide bonds. The highest BCUT2D eigenvalue weighted by molar-refractivity contribution is 5.66. The number of nitrogens with one attached hydrogen (secondary N) is 1. The Bertz CT molecular complexity index is 414. The number of aliphatic hydroxyl groups excluding tert-OH is 1. The zero-order chi connectivity index (χ0) is 11.7. The smallest absolute Gasteiger partial charge is 0.292 e. The quantitative estimate of drug-likeness (QED) is 0.604. The van der Waals surface area contributed by atoms with Crippen LogP contribution >= 0.6 is 0 Å². The van der Waals surface area contributed by atoms with Crippen LogP contribution in [0.2, 0.25) is 0 Å². The fourth-order valence-corrected chi connectivity index (χ4v) is 1.90. The van der Waals surface area contributed by atoms with Gasteiger partial charge in [-0.2, -0.15) is 0 Å². The first-order valence-corrected chi connectivity index (χ1v) is 5.26. The van der Waals surface area contributed by atoms with Gasteiger partial charge in [0, 0.05) is 12.1 Å². The van der Waals surface area contributed by atoms with Crippen LogP contribution in [0.1, 0.15) is 18.4 Å². The van der Waals surface area contributed by atoms with Crippen LogP contribution in [-0.2, 0) is 0 Å². The van der Waals surface area contributed by atoms with Gasteiger partial charge in [0.2, 0.25) is 0 Å². The number of aryl methyl sites for hydroxylation is 1. The van der Waals surface area contributed by atoms with Gasteiger partial charge in [0.15, 0.2) is 0 Å². The number of anilines is 1. The van der Waals surface area contributed by atoms with Crippen molar-refractivity contribution in [1.29, 1.82) is 0 Å². The highest BCUT2D eigenvalue weighted by atomic mass is 16.6. The highest BCUT2D eigenvalue weighted by Crippen LogP contribution is 2.32. The molecular weight excluding hydrogens is 208 g/mol. The van der Waals surface area contributed by atoms with Crippen LogP contribution in [0.3, 0.4) is 0 Å². The zero-order valence-electron chi connectivity index (χ0n) is 9.01. The molecule has 1 fully saturated rings. The fourth-order valence-electron chi connectivity index (χ4n) is 1.90. The molecule has 2 N–H and O–H groups in total. The van der Waals surface area contributed by atoms with E-state index in [1.54, 1.807) is 6.07 Å². The first-order chi connectivity index (χ1) is 7.58. The van der Waals surface area contributed by atoms with Crippen LogP contribution < -0.4 is 5.32 Å². The monoisotopic (exact) mass is 222 g/mol. The van der Waals surface area contributed by atoms with Crippen LogP contribution in [0.25, 0.3) is 0 Å². The lowest BCUT2D eigenvalue weighted by Crippen LogP contribution is -2.39. The van der Waals surface area contributed by atoms with Gasteiger partial charge >= 0.3 is 0 Å². The summed E-state index contributed by atoms with van der Waals surface area (Å²) in [5.41, 5.74) is 1.53. The van der Waals surface area contributed by atoms with Crippen molar-refractivity contribution in [2.24, 2.45) is 0 Å². The minimum absolute atomic E-state index is 0.0985. The van der Waals surface area contributed by atoms with Crippen molar-refractivity contribution in [2.45, 2.75) is 31.9 Å². The Kier molecular flexibility index (Phi) is 2.78. The third-order valence-electron chi connectivity index (χ3n) is 2.91. The van der Waals surface area contributed by atoms with Crippen LogP contribution in [0.5, 0.6) is 0 Å². The Labute approximate surface area is 93.2 Å². The van der Waals surface area contributed by atoms with Gasteiger partial charge in [-0.15, -0.1) is 0 Å². The number of benzene rings is 1. The van der Waals surface area contributed by atoms with Crippen LogP contribution in [0.4, 0.5) is 11.4 Å². The normalized spacial score (nSPS) is 23.6. The van der Waals surface area contributed by atoms with Crippen LogP contribution in [0.15, 0.2) is 18.2 Å². The Morgan fingerprint density at radius 1 is 1.50 bits per heavy atom. The predicted molar refractivity (Wildman–Crippen MR) is 60.5 cm³/mol. The van der Waals surface area contributed by atoms with E-state index in [1.807, 2.05) is 13.0 Å². The molecule has 5 nitrogen and oxygen atoms in total. The van der Waals surface area contributed by atoms with Gasteiger partial charge in [-0.05, 0) is 25.3 Å². The largest absolute Gasteiger partial charge is 0.393 e. The van der Waals surface area contributed by atoms with Gasteiger partial charge in [0.25, 0.3) is 5.69 Å². The van der Waals surface area contributed by atoms with Crippen molar-refractivity contribution in [2.75, 3.05) is 5.32 Å². The fraction of sp³-hybridized carbons (Fsp3) is 0.455. The molecule has 0 aliphatic heterocycles. The standard InChI is InChI=1S/C11H14N2O3/c1-7-3-2-4-10(13(15)16)11(7)12-8-5-9(14)6-8/h2-4,8-9,12,14H,5-6H2,1H3. The van der Waals surface area contributed by atoms with Crippen molar-refractivity contribution in [3.05, 3.63) is 33.9 Å². The number of para-hydroxylation sites is 1. The second kappa shape index (κ2) is 4.09. The summed E-state index contributed by atoms with van der Waals surface area (Å²) < 4.78 is 0. The van der Waals surface area contributed by atoms with E-state index in [1.165, 1.54) is 6.07 Å². The van der Waals surface area contributed by atoms with Crippen molar-refractivity contribution >= 4 is 11.4 Å². The van der Waals surface area contributed by atoms with E-state index >= 15 is 0 Å². The number of nitrogens with zero attached hydrogens (tertiary/aromatic N) is 1. The number of nitro groups is 1. The van der Waals surface area contributed by atoms with Gasteiger partial charge in [0.1, 0.15) is 5.69 Å². The number of hydrogen-bond acceptors (Lipinski definition) is 4. The summed E-state index contributed by atoms with van der Waals surface area (Å²) in [6.07, 6.45) is 1.05. The van der Waals surface area contributed by atoms with E-state index in [0.717, 1.165) is 5.56 Å². The van der Waals surface area contributed by atoms with Gasteiger partial charge in [0.05, 0.1) is 11.0 Å². The van der Waals surface area contributed by atoms with Crippen molar-refractivity contribution in [3.8, 4) is 0 Å². The van der Waals surface area contributed by atoms with Crippen molar-refractivity contribution in [1.82, 2.24) is 0 Å². The number of nitro benzene ring substituents is 1. The molecule has 0 heterocycles. The highest BCUT2D eigenvalue weighted by Gasteiger charge is 2.29. The lowest BCUT2D eigenvalue weighted by atomic mass is 9.89. The average Bonchev–Trinajstić information content (AvgIpc) is 2.18. The van der Waals surface area contributed by atoms with E-state index in [0.29, 0.717) is 18.5 Å². The second-order valence-electron chi connectivity index (χ2n) is 4.19. The molecule has 1 aliphatic rings. The summed E-state index contributed by atoms with van der Waals surface area (Å²) in [5, 5.41) is 23.1. The van der Waals surface area contributed by atoms with Crippen LogP contribution in [-0.4, -0.2) is 22.2 Å². The summed E-state index contributed by atoms with van der Waals surface area (Å²) in [6.45, 7) is 1.84. The molecule has 1 aliphatic carbocycles. The molecule has 1 aromatic carbocycles.